The molecule has 0 amide bonds. The molecule has 1 saturated heterocycles. The summed E-state index contributed by atoms with van der Waals surface area (Å²) in [4.78, 5) is 10.4. The quantitative estimate of drug-likeness (QED) is 0.628. The highest BCUT2D eigenvalue weighted by molar-refractivity contribution is 7.89. The van der Waals surface area contributed by atoms with Gasteiger partial charge in [-0.1, -0.05) is 19.1 Å². The first kappa shape index (κ1) is 19.8. The fourth-order valence-corrected chi connectivity index (χ4v) is 4.56. The van der Waals surface area contributed by atoms with Gasteiger partial charge in [0.1, 0.15) is 0 Å². The maximum Gasteiger partial charge on any atom is 0.292 e. The minimum atomic E-state index is -3.95. The van der Waals surface area contributed by atoms with Crippen LogP contribution in [0.1, 0.15) is 24.5 Å². The zero-order valence-corrected chi connectivity index (χ0v) is 15.0. The summed E-state index contributed by atoms with van der Waals surface area (Å²) >= 11 is 0. The molecular weight excluding hydrogens is 342 g/mol. The number of benzene rings is 1. The molecule has 0 spiro atoms. The van der Waals surface area contributed by atoms with Gasteiger partial charge < -0.3 is 5.32 Å². The number of aryl methyl sites for hydroxylation is 2. The second-order valence-electron chi connectivity index (χ2n) is 5.83. The maximum absolute atomic E-state index is 12.7. The average molecular weight is 364 g/mol. The van der Waals surface area contributed by atoms with Crippen molar-refractivity contribution in [1.29, 1.82) is 0 Å². The van der Waals surface area contributed by atoms with E-state index in [9.17, 15) is 18.5 Å². The Balaban J connectivity index is 0.00000264. The molecule has 2 unspecified atom stereocenters. The Morgan fingerprint density at radius 2 is 1.91 bits per heavy atom. The molecule has 1 heterocycles. The number of piperidine rings is 1. The van der Waals surface area contributed by atoms with Gasteiger partial charge in [0.2, 0.25) is 10.0 Å². The van der Waals surface area contributed by atoms with Gasteiger partial charge >= 0.3 is 0 Å². The summed E-state index contributed by atoms with van der Waals surface area (Å²) in [6.07, 6.45) is 0.863. The normalized spacial score (nSPS) is 21.5. The number of nitrogens with zero attached hydrogens (tertiary/aromatic N) is 1. The van der Waals surface area contributed by atoms with E-state index in [0.29, 0.717) is 17.7 Å². The minimum Gasteiger partial charge on any atom is -0.315 e. The zero-order valence-electron chi connectivity index (χ0n) is 13.3. The number of halogens is 1. The highest BCUT2D eigenvalue weighted by Crippen LogP contribution is 2.31. The minimum absolute atomic E-state index is 0. The number of nitrogens with one attached hydrogen (secondary N) is 2. The number of hydrogen-bond acceptors (Lipinski definition) is 5. The summed E-state index contributed by atoms with van der Waals surface area (Å²) in [5, 5.41) is 14.4. The van der Waals surface area contributed by atoms with Crippen molar-refractivity contribution in [2.75, 3.05) is 13.1 Å². The molecule has 2 atom stereocenters. The van der Waals surface area contributed by atoms with Crippen LogP contribution in [0.15, 0.2) is 17.0 Å². The maximum atomic E-state index is 12.7. The van der Waals surface area contributed by atoms with Crippen LogP contribution in [0.2, 0.25) is 0 Å². The van der Waals surface area contributed by atoms with Crippen LogP contribution in [-0.2, 0) is 10.0 Å². The van der Waals surface area contributed by atoms with Crippen molar-refractivity contribution in [3.05, 3.63) is 33.4 Å². The van der Waals surface area contributed by atoms with E-state index in [1.807, 2.05) is 6.92 Å². The predicted octanol–water partition coefficient (Wildman–Crippen LogP) is 1.91. The Bertz CT molecular complexity index is 694. The van der Waals surface area contributed by atoms with Gasteiger partial charge in [0, 0.05) is 18.2 Å². The van der Waals surface area contributed by atoms with Crippen LogP contribution in [-0.4, -0.2) is 32.5 Å². The second-order valence-corrected chi connectivity index (χ2v) is 7.48. The summed E-state index contributed by atoms with van der Waals surface area (Å²) in [6.45, 7) is 6.47. The predicted molar refractivity (Wildman–Crippen MR) is 90.6 cm³/mol. The van der Waals surface area contributed by atoms with Gasteiger partial charge in [-0.3, -0.25) is 10.1 Å². The van der Waals surface area contributed by atoms with Gasteiger partial charge in [-0.15, -0.1) is 12.4 Å². The molecule has 7 nitrogen and oxygen atoms in total. The van der Waals surface area contributed by atoms with Gasteiger partial charge in [0.05, 0.1) is 4.92 Å². The van der Waals surface area contributed by atoms with Crippen molar-refractivity contribution in [2.45, 2.75) is 38.1 Å². The third-order valence-electron chi connectivity index (χ3n) is 4.12. The third kappa shape index (κ3) is 4.20. The van der Waals surface area contributed by atoms with Crippen LogP contribution in [0.5, 0.6) is 0 Å². The number of rotatable bonds is 4. The molecule has 0 bridgehead atoms. The lowest BCUT2D eigenvalue weighted by Gasteiger charge is -2.30. The summed E-state index contributed by atoms with van der Waals surface area (Å²) in [5.41, 5.74) is 0.371. The van der Waals surface area contributed by atoms with Gasteiger partial charge in [-0.2, -0.15) is 0 Å². The molecule has 1 aliphatic heterocycles. The lowest BCUT2D eigenvalue weighted by Crippen LogP contribution is -2.50. The lowest BCUT2D eigenvalue weighted by molar-refractivity contribution is -0.388. The Morgan fingerprint density at radius 1 is 1.30 bits per heavy atom. The van der Waals surface area contributed by atoms with Crippen LogP contribution in [0, 0.1) is 29.9 Å². The largest absolute Gasteiger partial charge is 0.315 e. The van der Waals surface area contributed by atoms with Crippen molar-refractivity contribution >= 4 is 28.1 Å². The van der Waals surface area contributed by atoms with Crippen molar-refractivity contribution < 1.29 is 13.3 Å². The fraction of sp³-hybridized carbons (Fsp3) is 0.571. The molecule has 2 rings (SSSR count). The summed E-state index contributed by atoms with van der Waals surface area (Å²) in [6, 6.07) is 2.90. The summed E-state index contributed by atoms with van der Waals surface area (Å²) in [7, 11) is -3.95. The fourth-order valence-electron chi connectivity index (χ4n) is 2.74. The van der Waals surface area contributed by atoms with E-state index in [1.54, 1.807) is 26.0 Å². The molecule has 0 radical (unpaired) electrons. The molecule has 0 saturated carbocycles. The third-order valence-corrected chi connectivity index (χ3v) is 5.78. The number of sulfonamides is 1. The van der Waals surface area contributed by atoms with E-state index >= 15 is 0 Å². The van der Waals surface area contributed by atoms with E-state index in [1.165, 1.54) is 0 Å². The number of nitro benzene ring substituents is 1. The lowest BCUT2D eigenvalue weighted by atomic mass is 9.96. The Morgan fingerprint density at radius 3 is 2.48 bits per heavy atom. The smallest absolute Gasteiger partial charge is 0.292 e. The van der Waals surface area contributed by atoms with Gasteiger partial charge in [0.15, 0.2) is 4.90 Å². The monoisotopic (exact) mass is 363 g/mol. The Labute approximate surface area is 142 Å². The SMILES string of the molecule is Cc1ccc(C)c(S(=O)(=O)NC2CNCCC2C)c1[N+](=O)[O-].Cl. The van der Waals surface area contributed by atoms with Crippen molar-refractivity contribution in [1.82, 2.24) is 10.0 Å². The van der Waals surface area contributed by atoms with E-state index in [-0.39, 0.29) is 34.9 Å². The van der Waals surface area contributed by atoms with Crippen molar-refractivity contribution in [3.8, 4) is 0 Å². The van der Waals surface area contributed by atoms with E-state index < -0.39 is 14.9 Å². The molecule has 1 fully saturated rings. The molecule has 1 aromatic carbocycles. The van der Waals surface area contributed by atoms with Crippen molar-refractivity contribution in [2.24, 2.45) is 5.92 Å². The number of hydrogen-bond donors (Lipinski definition) is 2. The highest BCUT2D eigenvalue weighted by atomic mass is 35.5. The van der Waals surface area contributed by atoms with Gasteiger partial charge in [0.25, 0.3) is 5.69 Å². The molecule has 130 valence electrons. The Hall–Kier alpha value is -1.22. The number of nitro groups is 1. The van der Waals surface area contributed by atoms with E-state index in [0.717, 1.165) is 13.0 Å². The zero-order chi connectivity index (χ0) is 16.5. The molecule has 1 aromatic rings. The Kier molecular flexibility index (Phi) is 6.52. The van der Waals surface area contributed by atoms with Crippen LogP contribution >= 0.6 is 12.4 Å². The van der Waals surface area contributed by atoms with Crippen molar-refractivity contribution in [3.63, 3.8) is 0 Å². The average Bonchev–Trinajstić information content (AvgIpc) is 2.43. The van der Waals surface area contributed by atoms with E-state index in [2.05, 4.69) is 10.0 Å². The first-order chi connectivity index (χ1) is 10.2. The van der Waals surface area contributed by atoms with Gasteiger partial charge in [-0.05, 0) is 38.3 Å². The first-order valence-corrected chi connectivity index (χ1v) is 8.70. The van der Waals surface area contributed by atoms with Crippen LogP contribution in [0.4, 0.5) is 5.69 Å². The topological polar surface area (TPSA) is 101 Å². The van der Waals surface area contributed by atoms with Crippen LogP contribution in [0.3, 0.4) is 0 Å². The molecule has 0 aliphatic carbocycles. The standard InChI is InChI=1S/C14H21N3O4S.ClH/c1-9-6-7-15-8-12(9)16-22(20,21)14-11(3)5-4-10(2)13(14)17(18)19;/h4-5,9,12,15-16H,6-8H2,1-3H3;1H. The second kappa shape index (κ2) is 7.57. The molecule has 9 heteroatoms. The summed E-state index contributed by atoms with van der Waals surface area (Å²) < 4.78 is 28.0. The van der Waals surface area contributed by atoms with Crippen LogP contribution in [0.25, 0.3) is 0 Å². The summed E-state index contributed by atoms with van der Waals surface area (Å²) in [5.74, 6) is 0.181. The molecule has 2 N–H and O–H groups in total. The molecular formula is C14H22ClN3O4S. The molecule has 0 aromatic heterocycles. The molecule has 1 aliphatic rings. The van der Waals surface area contributed by atoms with Crippen LogP contribution < -0.4 is 10.0 Å². The highest BCUT2D eigenvalue weighted by Gasteiger charge is 2.33. The first-order valence-electron chi connectivity index (χ1n) is 7.21. The molecule has 23 heavy (non-hydrogen) atoms. The van der Waals surface area contributed by atoms with Gasteiger partial charge in [-0.25, -0.2) is 13.1 Å². The van der Waals surface area contributed by atoms with E-state index in [4.69, 9.17) is 0 Å².